The molecule has 1 aliphatic heterocycles. The van der Waals surface area contributed by atoms with Crippen molar-refractivity contribution in [1.82, 2.24) is 25.1 Å². The molecule has 0 radical (unpaired) electrons. The van der Waals surface area contributed by atoms with Crippen LogP contribution in [0.5, 0.6) is 0 Å². The first-order chi connectivity index (χ1) is 18.9. The van der Waals surface area contributed by atoms with Crippen LogP contribution in [0.25, 0.3) is 11.6 Å². The Balaban J connectivity index is 1.86. The summed E-state index contributed by atoms with van der Waals surface area (Å²) in [6.45, 7) is 5.45. The van der Waals surface area contributed by atoms with Gasteiger partial charge in [0.25, 0.3) is 17.7 Å². The van der Waals surface area contributed by atoms with Gasteiger partial charge >= 0.3 is 12.4 Å². The standard InChI is InChI=1S/C26H28F6N6O3/c1-23(2,3)17-9-7-8-14(34-17)13-38-11-6-4-5-10-24(40,26(30,31)32)22-37-36-20(41-22)19-16(33)12-15(25(27,28)29)18(35-19)21(38)39/h7-9,12,40H,4-6,10-11,13,33H2,1-3H3/t24-/m1/s1. The second kappa shape index (κ2) is 10.6. The molecule has 3 aromatic heterocycles. The van der Waals surface area contributed by atoms with Crippen molar-refractivity contribution in [2.45, 2.75) is 76.4 Å². The third-order valence-corrected chi connectivity index (χ3v) is 6.69. The smallest absolute Gasteiger partial charge is 0.416 e. The number of pyridine rings is 2. The lowest BCUT2D eigenvalue weighted by Gasteiger charge is -2.28. The largest absolute Gasteiger partial charge is 0.426 e. The van der Waals surface area contributed by atoms with Crippen molar-refractivity contribution in [3.05, 3.63) is 52.8 Å². The number of aliphatic hydroxyl groups is 1. The van der Waals surface area contributed by atoms with Crippen LogP contribution >= 0.6 is 0 Å². The number of fused-ring (bicyclic) bond motifs is 5. The minimum absolute atomic E-state index is 0.0885. The molecular weight excluding hydrogens is 558 g/mol. The number of nitrogens with zero attached hydrogens (tertiary/aromatic N) is 5. The Morgan fingerprint density at radius 2 is 1.73 bits per heavy atom. The highest BCUT2D eigenvalue weighted by molar-refractivity contribution is 5.95. The average Bonchev–Trinajstić information content (AvgIpc) is 3.35. The molecule has 1 atom stereocenters. The molecule has 15 heteroatoms. The van der Waals surface area contributed by atoms with E-state index in [-0.39, 0.29) is 37.8 Å². The first kappa shape index (κ1) is 30.2. The molecule has 0 aliphatic carbocycles. The van der Waals surface area contributed by atoms with Crippen LogP contribution in [0.2, 0.25) is 0 Å². The number of aromatic nitrogens is 4. The number of halogens is 6. The van der Waals surface area contributed by atoms with E-state index >= 15 is 0 Å². The second-order valence-electron chi connectivity index (χ2n) is 10.9. The van der Waals surface area contributed by atoms with Crippen molar-refractivity contribution in [3.8, 4) is 11.6 Å². The van der Waals surface area contributed by atoms with Gasteiger partial charge in [0.05, 0.1) is 23.5 Å². The molecule has 222 valence electrons. The third-order valence-electron chi connectivity index (χ3n) is 6.69. The summed E-state index contributed by atoms with van der Waals surface area (Å²) in [4.78, 5) is 23.1. The summed E-state index contributed by atoms with van der Waals surface area (Å²) < 4.78 is 89.0. The van der Waals surface area contributed by atoms with Gasteiger partial charge in [-0.2, -0.15) is 26.3 Å². The molecule has 3 aromatic rings. The Labute approximate surface area is 230 Å². The Morgan fingerprint density at radius 3 is 2.37 bits per heavy atom. The molecule has 0 aromatic carbocycles. The number of alkyl halides is 6. The number of hydrogen-bond acceptors (Lipinski definition) is 8. The number of rotatable bonds is 2. The van der Waals surface area contributed by atoms with Crippen molar-refractivity contribution >= 4 is 11.6 Å². The fraction of sp³-hybridized carbons (Fsp3) is 0.500. The molecule has 0 unspecified atom stereocenters. The Hall–Kier alpha value is -3.75. The van der Waals surface area contributed by atoms with Crippen LogP contribution in [0.3, 0.4) is 0 Å². The van der Waals surface area contributed by atoms with E-state index < -0.39 is 64.7 Å². The van der Waals surface area contributed by atoms with E-state index in [2.05, 4.69) is 20.2 Å². The van der Waals surface area contributed by atoms with Crippen LogP contribution in [0.1, 0.15) is 79.8 Å². The van der Waals surface area contributed by atoms with Crippen LogP contribution in [0, 0.1) is 0 Å². The third kappa shape index (κ3) is 6.14. The van der Waals surface area contributed by atoms with Crippen LogP contribution in [0.4, 0.5) is 32.0 Å². The molecule has 0 spiro atoms. The van der Waals surface area contributed by atoms with Gasteiger partial charge in [-0.3, -0.25) is 9.78 Å². The van der Waals surface area contributed by atoms with E-state index in [4.69, 9.17) is 10.2 Å². The van der Waals surface area contributed by atoms with E-state index in [1.54, 1.807) is 18.2 Å². The van der Waals surface area contributed by atoms with E-state index in [1.165, 1.54) is 0 Å². The Morgan fingerprint density at radius 1 is 1.02 bits per heavy atom. The summed E-state index contributed by atoms with van der Waals surface area (Å²) in [7, 11) is 0. The molecule has 1 amide bonds. The van der Waals surface area contributed by atoms with Gasteiger partial charge in [0.2, 0.25) is 5.60 Å². The van der Waals surface area contributed by atoms with Crippen LogP contribution < -0.4 is 5.73 Å². The van der Waals surface area contributed by atoms with Gasteiger partial charge in [0.15, 0.2) is 5.69 Å². The van der Waals surface area contributed by atoms with Gasteiger partial charge in [-0.15, -0.1) is 10.2 Å². The number of hydrogen-bond donors (Lipinski definition) is 2. The molecule has 1 aliphatic rings. The summed E-state index contributed by atoms with van der Waals surface area (Å²) in [5.74, 6) is -3.09. The van der Waals surface area contributed by atoms with Crippen LogP contribution in [-0.2, 0) is 23.7 Å². The van der Waals surface area contributed by atoms with Crippen molar-refractivity contribution in [1.29, 1.82) is 0 Å². The summed E-state index contributed by atoms with van der Waals surface area (Å²) in [6.07, 6.45) is -11.1. The molecule has 4 rings (SSSR count). The van der Waals surface area contributed by atoms with Gasteiger partial charge in [0.1, 0.15) is 5.69 Å². The van der Waals surface area contributed by atoms with Gasteiger partial charge in [-0.1, -0.05) is 33.3 Å². The average molecular weight is 587 g/mol. The van der Waals surface area contributed by atoms with E-state index in [0.29, 0.717) is 17.5 Å². The Kier molecular flexibility index (Phi) is 7.80. The van der Waals surface area contributed by atoms with Gasteiger partial charge in [-0.25, -0.2) is 4.98 Å². The SMILES string of the molecule is CC(C)(C)c1cccc(CN2CCCCC[C@](O)(C(F)(F)F)c3nnc(o3)-c3nc(c(C(F)(F)F)cc3N)C2=O)n1. The first-order valence-electron chi connectivity index (χ1n) is 12.7. The van der Waals surface area contributed by atoms with Gasteiger partial charge in [0, 0.05) is 17.7 Å². The molecule has 0 fully saturated rings. The number of carbonyl (C=O) groups is 1. The van der Waals surface area contributed by atoms with E-state index in [9.17, 15) is 36.2 Å². The van der Waals surface area contributed by atoms with Crippen LogP contribution in [0.15, 0.2) is 28.7 Å². The van der Waals surface area contributed by atoms with Crippen molar-refractivity contribution in [3.63, 3.8) is 0 Å². The quantitative estimate of drug-likeness (QED) is 0.382. The fourth-order valence-corrected chi connectivity index (χ4v) is 4.38. The topological polar surface area (TPSA) is 131 Å². The molecule has 3 N–H and O–H groups in total. The van der Waals surface area contributed by atoms with Gasteiger partial charge in [-0.05, 0) is 37.5 Å². The zero-order chi connectivity index (χ0) is 30.4. The first-order valence-corrected chi connectivity index (χ1v) is 12.7. The zero-order valence-electron chi connectivity index (χ0n) is 22.4. The highest BCUT2D eigenvalue weighted by atomic mass is 19.4. The number of amides is 1. The maximum Gasteiger partial charge on any atom is 0.426 e. The summed E-state index contributed by atoms with van der Waals surface area (Å²) in [5.41, 5.74) is -0.801. The van der Waals surface area contributed by atoms with Crippen molar-refractivity contribution in [2.24, 2.45) is 0 Å². The molecule has 9 nitrogen and oxygen atoms in total. The number of nitrogens with two attached hydrogens (primary N) is 1. The highest BCUT2D eigenvalue weighted by Crippen LogP contribution is 2.43. The number of anilines is 1. The summed E-state index contributed by atoms with van der Waals surface area (Å²) in [6, 6.07) is 5.55. The summed E-state index contributed by atoms with van der Waals surface area (Å²) >= 11 is 0. The fourth-order valence-electron chi connectivity index (χ4n) is 4.38. The molecule has 0 saturated heterocycles. The molecular formula is C26H28F6N6O3. The van der Waals surface area contributed by atoms with Gasteiger partial charge < -0.3 is 20.2 Å². The second-order valence-corrected chi connectivity index (χ2v) is 10.9. The summed E-state index contributed by atoms with van der Waals surface area (Å²) in [5, 5.41) is 17.3. The van der Waals surface area contributed by atoms with Crippen molar-refractivity contribution in [2.75, 3.05) is 12.3 Å². The predicted octanol–water partition coefficient (Wildman–Crippen LogP) is 5.39. The van der Waals surface area contributed by atoms with E-state index in [1.807, 2.05) is 20.8 Å². The highest BCUT2D eigenvalue weighted by Gasteiger charge is 2.58. The lowest BCUT2D eigenvalue weighted by molar-refractivity contribution is -0.277. The number of carbonyl (C=O) groups excluding carboxylic acids is 1. The predicted molar refractivity (Wildman–Crippen MR) is 133 cm³/mol. The maximum atomic E-state index is 14.1. The van der Waals surface area contributed by atoms with E-state index in [0.717, 1.165) is 4.90 Å². The lowest BCUT2D eigenvalue weighted by Crippen LogP contribution is -2.42. The van der Waals surface area contributed by atoms with Crippen molar-refractivity contribution < 1.29 is 40.7 Å². The zero-order valence-corrected chi connectivity index (χ0v) is 22.4. The maximum absolute atomic E-state index is 14.1. The Bertz CT molecular complexity index is 1430. The molecule has 41 heavy (non-hydrogen) atoms. The molecule has 0 saturated carbocycles. The normalized spacial score (nSPS) is 19.3. The minimum atomic E-state index is -5.20. The molecule has 4 bridgehead atoms. The minimum Gasteiger partial charge on any atom is -0.416 e. The number of nitrogen functional groups attached to an aromatic ring is 1. The molecule has 4 heterocycles. The van der Waals surface area contributed by atoms with Crippen LogP contribution in [-0.4, -0.2) is 48.8 Å². The lowest BCUT2D eigenvalue weighted by atomic mass is 9.91. The monoisotopic (exact) mass is 586 g/mol.